The molecular weight excluding hydrogens is 373 g/mol. The summed E-state index contributed by atoms with van der Waals surface area (Å²) in [5, 5.41) is 2.50. The highest BCUT2D eigenvalue weighted by Crippen LogP contribution is 2.34. The van der Waals surface area contributed by atoms with Crippen LogP contribution in [0.25, 0.3) is 11.4 Å². The zero-order valence-corrected chi connectivity index (χ0v) is 14.1. The fourth-order valence-electron chi connectivity index (χ4n) is 2.55. The van der Waals surface area contributed by atoms with Gasteiger partial charge in [0.25, 0.3) is 0 Å². The Morgan fingerprint density at radius 1 is 1.31 bits per heavy atom. The number of carbonyl (C=O) groups is 1. The highest BCUT2D eigenvalue weighted by Gasteiger charge is 2.44. The molecule has 138 valence electrons. The molecule has 0 saturated carbocycles. The molecule has 2 aromatic heterocycles. The number of rotatable bonds is 4. The third-order valence-electron chi connectivity index (χ3n) is 3.87. The number of hydrogen-bond acceptors (Lipinski definition) is 6. The highest BCUT2D eigenvalue weighted by atomic mass is 35.5. The van der Waals surface area contributed by atoms with E-state index >= 15 is 0 Å². The Kier molecular flexibility index (Phi) is 5.21. The van der Waals surface area contributed by atoms with Crippen molar-refractivity contribution in [2.75, 3.05) is 29.2 Å². The molecule has 1 atom stereocenters. The minimum Gasteiger partial charge on any atom is -0.340 e. The highest BCUT2D eigenvalue weighted by molar-refractivity contribution is 6.29. The van der Waals surface area contributed by atoms with Crippen LogP contribution in [0.15, 0.2) is 24.7 Å². The quantitative estimate of drug-likeness (QED) is 0.813. The predicted molar refractivity (Wildman–Crippen MR) is 88.8 cm³/mol. The number of nitrogens with one attached hydrogen (secondary N) is 1. The van der Waals surface area contributed by atoms with Crippen molar-refractivity contribution in [2.45, 2.75) is 12.6 Å². The van der Waals surface area contributed by atoms with Crippen LogP contribution in [0, 0.1) is 5.92 Å². The maximum atomic E-state index is 12.8. The summed E-state index contributed by atoms with van der Waals surface area (Å²) in [6.45, 7) is 0.0965. The van der Waals surface area contributed by atoms with Crippen molar-refractivity contribution in [1.29, 1.82) is 0 Å². The summed E-state index contributed by atoms with van der Waals surface area (Å²) >= 11 is 5.43. The van der Waals surface area contributed by atoms with Gasteiger partial charge in [0.2, 0.25) is 11.9 Å². The summed E-state index contributed by atoms with van der Waals surface area (Å²) in [5.41, 5.74) is 0.474. The molecule has 0 spiro atoms. The van der Waals surface area contributed by atoms with Gasteiger partial charge in [-0.2, -0.15) is 13.2 Å². The third kappa shape index (κ3) is 4.18. The lowest BCUT2D eigenvalue weighted by molar-refractivity contribution is -0.168. The summed E-state index contributed by atoms with van der Waals surface area (Å²) in [6.07, 6.45) is 0.141. The predicted octanol–water partition coefficient (Wildman–Crippen LogP) is 2.50. The first-order valence-corrected chi connectivity index (χ1v) is 8.23. The average molecular weight is 387 g/mol. The molecule has 26 heavy (non-hydrogen) atoms. The Hall–Kier alpha value is -2.49. The minimum absolute atomic E-state index is 0.0278. The van der Waals surface area contributed by atoms with Gasteiger partial charge in [-0.1, -0.05) is 0 Å². The van der Waals surface area contributed by atoms with Crippen molar-refractivity contribution in [3.8, 4) is 11.4 Å². The second-order valence-electron chi connectivity index (χ2n) is 5.69. The molecule has 1 aliphatic rings. The standard InChI is InChI=1S/C15H14ClF3N6O/c16-5-12(26)23-11-1-3-20-13(24-11)9-6-21-14(22-7-9)25-4-2-10(8-25)15(17,18)19/h1,3,6-7,10H,2,4-5,8H2,(H,20,23,24,26). The van der Waals surface area contributed by atoms with Crippen molar-refractivity contribution in [1.82, 2.24) is 19.9 Å². The van der Waals surface area contributed by atoms with Crippen molar-refractivity contribution < 1.29 is 18.0 Å². The first-order valence-electron chi connectivity index (χ1n) is 7.70. The first-order chi connectivity index (χ1) is 12.4. The molecule has 1 amide bonds. The van der Waals surface area contributed by atoms with Crippen molar-refractivity contribution in [3.63, 3.8) is 0 Å². The molecule has 1 fully saturated rings. The summed E-state index contributed by atoms with van der Waals surface area (Å²) in [6, 6.07) is 1.50. The van der Waals surface area contributed by atoms with Gasteiger partial charge >= 0.3 is 6.18 Å². The van der Waals surface area contributed by atoms with E-state index in [1.165, 1.54) is 29.6 Å². The number of anilines is 2. The molecule has 1 unspecified atom stereocenters. The minimum atomic E-state index is -4.21. The van der Waals surface area contributed by atoms with Gasteiger partial charge in [0, 0.05) is 31.7 Å². The van der Waals surface area contributed by atoms with Gasteiger partial charge < -0.3 is 10.2 Å². The van der Waals surface area contributed by atoms with E-state index in [9.17, 15) is 18.0 Å². The Morgan fingerprint density at radius 2 is 2.04 bits per heavy atom. The molecule has 1 saturated heterocycles. The van der Waals surface area contributed by atoms with Crippen molar-refractivity contribution in [2.24, 2.45) is 5.92 Å². The monoisotopic (exact) mass is 386 g/mol. The van der Waals surface area contributed by atoms with Crippen LogP contribution in [0.4, 0.5) is 24.9 Å². The zero-order valence-electron chi connectivity index (χ0n) is 13.4. The first kappa shape index (κ1) is 18.3. The molecule has 7 nitrogen and oxygen atoms in total. The number of carbonyl (C=O) groups excluding carboxylic acids is 1. The van der Waals surface area contributed by atoms with E-state index in [2.05, 4.69) is 25.3 Å². The largest absolute Gasteiger partial charge is 0.393 e. The molecule has 0 aliphatic carbocycles. The maximum Gasteiger partial charge on any atom is 0.393 e. The average Bonchev–Trinajstić information content (AvgIpc) is 3.12. The summed E-state index contributed by atoms with van der Waals surface area (Å²) in [5.74, 6) is -1.19. The Bertz CT molecular complexity index is 786. The van der Waals surface area contributed by atoms with Crippen LogP contribution < -0.4 is 10.2 Å². The molecule has 3 heterocycles. The summed E-state index contributed by atoms with van der Waals surface area (Å²) < 4.78 is 38.3. The molecule has 0 bridgehead atoms. The second kappa shape index (κ2) is 7.40. The van der Waals surface area contributed by atoms with Crippen molar-refractivity contribution in [3.05, 3.63) is 24.7 Å². The van der Waals surface area contributed by atoms with E-state index in [4.69, 9.17) is 11.6 Å². The fourth-order valence-corrected chi connectivity index (χ4v) is 2.62. The van der Waals surface area contributed by atoms with E-state index in [0.717, 1.165) is 0 Å². The molecule has 0 aromatic carbocycles. The summed E-state index contributed by atoms with van der Waals surface area (Å²) in [4.78, 5) is 29.3. The smallest absolute Gasteiger partial charge is 0.340 e. The van der Waals surface area contributed by atoms with Crippen molar-refractivity contribution >= 4 is 29.3 Å². The number of amides is 1. The summed E-state index contributed by atoms with van der Waals surface area (Å²) in [7, 11) is 0. The van der Waals surface area contributed by atoms with E-state index in [-0.39, 0.29) is 43.0 Å². The van der Waals surface area contributed by atoms with Crippen LogP contribution in [0.3, 0.4) is 0 Å². The van der Waals surface area contributed by atoms with Crippen LogP contribution in [-0.4, -0.2) is 51.0 Å². The molecule has 1 aliphatic heterocycles. The molecule has 1 N–H and O–H groups in total. The maximum absolute atomic E-state index is 12.8. The SMILES string of the molecule is O=C(CCl)Nc1ccnc(-c2cnc(N3CCC(C(F)(F)F)C3)nc2)n1. The number of nitrogens with zero attached hydrogens (tertiary/aromatic N) is 5. The van der Waals surface area contributed by atoms with Crippen LogP contribution in [-0.2, 0) is 4.79 Å². The number of halogens is 4. The van der Waals surface area contributed by atoms with Crippen LogP contribution in [0.5, 0.6) is 0 Å². The van der Waals surface area contributed by atoms with Crippen LogP contribution >= 0.6 is 11.6 Å². The number of aromatic nitrogens is 4. The van der Waals surface area contributed by atoms with Crippen LogP contribution in [0.1, 0.15) is 6.42 Å². The van der Waals surface area contributed by atoms with Gasteiger partial charge in [-0.15, -0.1) is 11.6 Å². The second-order valence-corrected chi connectivity index (χ2v) is 5.96. The lowest BCUT2D eigenvalue weighted by Gasteiger charge is -2.17. The Labute approximate surface area is 151 Å². The number of alkyl halides is 4. The normalized spacial score (nSPS) is 17.4. The van der Waals surface area contributed by atoms with E-state index < -0.39 is 18.0 Å². The lowest BCUT2D eigenvalue weighted by atomic mass is 10.1. The molecule has 0 radical (unpaired) electrons. The van der Waals surface area contributed by atoms with Gasteiger partial charge in [-0.25, -0.2) is 19.9 Å². The van der Waals surface area contributed by atoms with E-state index in [1.807, 2.05) is 0 Å². The van der Waals surface area contributed by atoms with Gasteiger partial charge in [-0.3, -0.25) is 4.79 Å². The van der Waals surface area contributed by atoms with Gasteiger partial charge in [0.1, 0.15) is 11.7 Å². The van der Waals surface area contributed by atoms with Gasteiger partial charge in [0.15, 0.2) is 5.82 Å². The van der Waals surface area contributed by atoms with E-state index in [1.54, 1.807) is 0 Å². The van der Waals surface area contributed by atoms with Gasteiger partial charge in [-0.05, 0) is 12.5 Å². The molecule has 3 rings (SSSR count). The number of hydrogen-bond donors (Lipinski definition) is 1. The van der Waals surface area contributed by atoms with E-state index in [0.29, 0.717) is 5.56 Å². The Morgan fingerprint density at radius 3 is 2.65 bits per heavy atom. The third-order valence-corrected chi connectivity index (χ3v) is 4.12. The molecule has 2 aromatic rings. The Balaban J connectivity index is 1.72. The topological polar surface area (TPSA) is 83.9 Å². The zero-order chi connectivity index (χ0) is 18.7. The van der Waals surface area contributed by atoms with Crippen LogP contribution in [0.2, 0.25) is 0 Å². The molecular formula is C15H14ClF3N6O. The fraction of sp³-hybridized carbons (Fsp3) is 0.400. The van der Waals surface area contributed by atoms with Gasteiger partial charge in [0.05, 0.1) is 11.5 Å². The molecule has 11 heteroatoms. The lowest BCUT2D eigenvalue weighted by Crippen LogP contribution is -2.28.